The van der Waals surface area contributed by atoms with E-state index in [-0.39, 0.29) is 5.91 Å². The molecule has 8 nitrogen and oxygen atoms in total. The highest BCUT2D eigenvalue weighted by Crippen LogP contribution is 2.19. The number of nitrogens with zero attached hydrogens (tertiary/aromatic N) is 6. The second-order valence-electron chi connectivity index (χ2n) is 5.38. The highest BCUT2D eigenvalue weighted by atomic mass is 16.2. The van der Waals surface area contributed by atoms with Crippen molar-refractivity contribution in [1.29, 1.82) is 0 Å². The van der Waals surface area contributed by atoms with Crippen molar-refractivity contribution in [3.63, 3.8) is 0 Å². The number of amides is 1. The molecule has 1 N–H and O–H groups in total. The predicted octanol–water partition coefficient (Wildman–Crippen LogP) is 2.26. The fraction of sp³-hybridized carbons (Fsp3) is 0.118. The first-order valence-electron chi connectivity index (χ1n) is 7.85. The summed E-state index contributed by atoms with van der Waals surface area (Å²) in [4.78, 5) is 21.3. The summed E-state index contributed by atoms with van der Waals surface area (Å²) in [7, 11) is 0. The topological polar surface area (TPSA) is 90.0 Å². The monoisotopic (exact) mass is 333 g/mol. The lowest BCUT2D eigenvalue weighted by molar-refractivity contribution is 0.101. The van der Waals surface area contributed by atoms with Crippen molar-refractivity contribution in [3.05, 3.63) is 60.7 Å². The lowest BCUT2D eigenvalue weighted by Gasteiger charge is -2.07. The van der Waals surface area contributed by atoms with E-state index < -0.39 is 0 Å². The molecule has 3 aromatic heterocycles. The van der Waals surface area contributed by atoms with Gasteiger partial charge in [-0.2, -0.15) is 19.7 Å². The molecule has 0 spiro atoms. The Bertz CT molecular complexity index is 1040. The molecule has 1 amide bonds. The number of fused-ring (bicyclic) bond motifs is 1. The van der Waals surface area contributed by atoms with E-state index in [0.29, 0.717) is 23.0 Å². The maximum atomic E-state index is 12.7. The number of aromatic nitrogens is 6. The van der Waals surface area contributed by atoms with Crippen molar-refractivity contribution >= 4 is 17.5 Å². The van der Waals surface area contributed by atoms with Crippen molar-refractivity contribution in [2.75, 3.05) is 5.32 Å². The van der Waals surface area contributed by atoms with Gasteiger partial charge in [0.15, 0.2) is 5.82 Å². The number of carbonyl (C=O) groups is 1. The Balaban J connectivity index is 1.74. The Morgan fingerprint density at radius 2 is 2.04 bits per heavy atom. The SMILES string of the molecule is CCn1ccc(NC(=O)c2cc(-c3ccccc3)nc3ncnn23)n1. The normalized spacial score (nSPS) is 10.9. The molecule has 0 radical (unpaired) electrons. The third-order valence-electron chi connectivity index (χ3n) is 3.76. The predicted molar refractivity (Wildman–Crippen MR) is 92.1 cm³/mol. The molecule has 8 heteroatoms. The van der Waals surface area contributed by atoms with Gasteiger partial charge in [-0.25, -0.2) is 4.98 Å². The largest absolute Gasteiger partial charge is 0.304 e. The summed E-state index contributed by atoms with van der Waals surface area (Å²) in [5.41, 5.74) is 1.90. The second kappa shape index (κ2) is 6.16. The van der Waals surface area contributed by atoms with Crippen LogP contribution in [0.15, 0.2) is 55.0 Å². The Hall–Kier alpha value is -3.55. The minimum atomic E-state index is -0.323. The van der Waals surface area contributed by atoms with Crippen LogP contribution >= 0.6 is 0 Å². The van der Waals surface area contributed by atoms with Crippen LogP contribution in [0.5, 0.6) is 0 Å². The van der Waals surface area contributed by atoms with Gasteiger partial charge in [0.1, 0.15) is 12.0 Å². The first-order chi connectivity index (χ1) is 12.2. The number of carbonyl (C=O) groups excluding carboxylic acids is 1. The number of hydrogen-bond donors (Lipinski definition) is 1. The summed E-state index contributed by atoms with van der Waals surface area (Å²) in [6.07, 6.45) is 3.18. The molecule has 4 aromatic rings. The van der Waals surface area contributed by atoms with Crippen LogP contribution in [0.25, 0.3) is 17.0 Å². The van der Waals surface area contributed by atoms with Gasteiger partial charge in [0.25, 0.3) is 11.7 Å². The van der Waals surface area contributed by atoms with E-state index >= 15 is 0 Å². The van der Waals surface area contributed by atoms with Crippen molar-refractivity contribution in [1.82, 2.24) is 29.4 Å². The summed E-state index contributed by atoms with van der Waals surface area (Å²) in [6.45, 7) is 2.71. The van der Waals surface area contributed by atoms with Crippen molar-refractivity contribution in [2.24, 2.45) is 0 Å². The summed E-state index contributed by atoms with van der Waals surface area (Å²) in [6, 6.07) is 13.1. The van der Waals surface area contributed by atoms with Crippen LogP contribution < -0.4 is 5.32 Å². The standard InChI is InChI=1S/C17H15N7O/c1-2-23-9-8-15(22-23)21-16(25)14-10-13(12-6-4-3-5-7-12)20-17-18-11-19-24(14)17/h3-11H,2H2,1H3,(H,21,22,25). The zero-order chi connectivity index (χ0) is 17.2. The van der Waals surface area contributed by atoms with Gasteiger partial charge in [-0.3, -0.25) is 9.48 Å². The fourth-order valence-electron chi connectivity index (χ4n) is 2.52. The molecule has 0 saturated heterocycles. The summed E-state index contributed by atoms with van der Waals surface area (Å²) < 4.78 is 3.15. The van der Waals surface area contributed by atoms with Gasteiger partial charge in [0.2, 0.25) is 0 Å². The molecular formula is C17H15N7O. The van der Waals surface area contributed by atoms with Gasteiger partial charge in [-0.1, -0.05) is 30.3 Å². The van der Waals surface area contributed by atoms with Crippen LogP contribution in [0.2, 0.25) is 0 Å². The number of benzene rings is 1. The molecule has 0 aliphatic carbocycles. The molecule has 0 aliphatic heterocycles. The van der Waals surface area contributed by atoms with E-state index in [0.717, 1.165) is 12.1 Å². The van der Waals surface area contributed by atoms with Gasteiger partial charge in [-0.15, -0.1) is 0 Å². The molecule has 1 aromatic carbocycles. The number of aryl methyl sites for hydroxylation is 1. The number of anilines is 1. The van der Waals surface area contributed by atoms with Gasteiger partial charge in [0.05, 0.1) is 5.69 Å². The molecule has 0 unspecified atom stereocenters. The Labute approximate surface area is 143 Å². The average molecular weight is 333 g/mol. The van der Waals surface area contributed by atoms with Gasteiger partial charge in [0, 0.05) is 24.4 Å². The molecule has 124 valence electrons. The van der Waals surface area contributed by atoms with Crippen LogP contribution in [0.4, 0.5) is 5.82 Å². The van der Waals surface area contributed by atoms with Crippen LogP contribution in [-0.2, 0) is 6.54 Å². The molecular weight excluding hydrogens is 318 g/mol. The third-order valence-corrected chi connectivity index (χ3v) is 3.76. The number of nitrogens with one attached hydrogen (secondary N) is 1. The summed E-state index contributed by atoms with van der Waals surface area (Å²) in [5, 5.41) is 11.1. The first kappa shape index (κ1) is 15.0. The highest BCUT2D eigenvalue weighted by molar-refractivity contribution is 6.03. The Kier molecular flexibility index (Phi) is 3.70. The fourth-order valence-corrected chi connectivity index (χ4v) is 2.52. The molecule has 0 fully saturated rings. The molecule has 4 rings (SSSR count). The molecule has 0 saturated carbocycles. The molecule has 0 bridgehead atoms. The molecule has 3 heterocycles. The maximum Gasteiger partial charge on any atom is 0.275 e. The van der Waals surface area contributed by atoms with Crippen molar-refractivity contribution in [2.45, 2.75) is 13.5 Å². The Morgan fingerprint density at radius 1 is 1.20 bits per heavy atom. The number of hydrogen-bond acceptors (Lipinski definition) is 5. The van der Waals surface area contributed by atoms with Gasteiger partial charge >= 0.3 is 0 Å². The zero-order valence-electron chi connectivity index (χ0n) is 13.5. The maximum absolute atomic E-state index is 12.7. The zero-order valence-corrected chi connectivity index (χ0v) is 13.5. The minimum absolute atomic E-state index is 0.323. The first-order valence-corrected chi connectivity index (χ1v) is 7.85. The van der Waals surface area contributed by atoms with Crippen molar-refractivity contribution in [3.8, 4) is 11.3 Å². The average Bonchev–Trinajstić information content (AvgIpc) is 3.30. The Morgan fingerprint density at radius 3 is 2.80 bits per heavy atom. The van der Waals surface area contributed by atoms with Crippen LogP contribution in [-0.4, -0.2) is 35.3 Å². The smallest absolute Gasteiger partial charge is 0.275 e. The van der Waals surface area contributed by atoms with E-state index in [1.807, 2.05) is 43.5 Å². The number of rotatable bonds is 4. The van der Waals surface area contributed by atoms with E-state index in [9.17, 15) is 4.79 Å². The summed E-state index contributed by atoms with van der Waals surface area (Å²) >= 11 is 0. The van der Waals surface area contributed by atoms with Gasteiger partial charge < -0.3 is 5.32 Å². The van der Waals surface area contributed by atoms with Crippen LogP contribution in [0.3, 0.4) is 0 Å². The lowest BCUT2D eigenvalue weighted by Crippen LogP contribution is -2.18. The molecule has 25 heavy (non-hydrogen) atoms. The van der Waals surface area contributed by atoms with Crippen molar-refractivity contribution < 1.29 is 4.79 Å². The van der Waals surface area contributed by atoms with Gasteiger partial charge in [-0.05, 0) is 13.0 Å². The quantitative estimate of drug-likeness (QED) is 0.619. The lowest BCUT2D eigenvalue weighted by atomic mass is 10.1. The van der Waals surface area contributed by atoms with Crippen LogP contribution in [0.1, 0.15) is 17.4 Å². The van der Waals surface area contributed by atoms with E-state index in [2.05, 4.69) is 25.5 Å². The second-order valence-corrected chi connectivity index (χ2v) is 5.38. The third kappa shape index (κ3) is 2.85. The molecule has 0 aliphatic rings. The van der Waals surface area contributed by atoms with Crippen LogP contribution in [0, 0.1) is 0 Å². The van der Waals surface area contributed by atoms with E-state index in [1.54, 1.807) is 16.8 Å². The minimum Gasteiger partial charge on any atom is -0.304 e. The van der Waals surface area contributed by atoms with E-state index in [1.165, 1.54) is 10.8 Å². The summed E-state index contributed by atoms with van der Waals surface area (Å²) in [5.74, 6) is 0.528. The van der Waals surface area contributed by atoms with E-state index in [4.69, 9.17) is 0 Å². The molecule has 0 atom stereocenters. The highest BCUT2D eigenvalue weighted by Gasteiger charge is 2.16.